The molecule has 0 spiro atoms. The lowest BCUT2D eigenvalue weighted by molar-refractivity contribution is 0.798. The summed E-state index contributed by atoms with van der Waals surface area (Å²) in [5, 5.41) is 0. The Balaban J connectivity index is 2.69. The molecule has 0 bridgehead atoms. The van der Waals surface area contributed by atoms with Gasteiger partial charge in [-0.2, -0.15) is 9.97 Å². The van der Waals surface area contributed by atoms with Crippen LogP contribution in [0, 0.1) is 13.8 Å². The van der Waals surface area contributed by atoms with Gasteiger partial charge in [-0.3, -0.25) is 4.40 Å². The molecule has 0 saturated heterocycles. The topological polar surface area (TPSA) is 50.5 Å². The lowest BCUT2D eigenvalue weighted by atomic mass is 10.2. The van der Waals surface area contributed by atoms with Gasteiger partial charge in [-0.15, -0.1) is 0 Å². The molecule has 0 aromatic carbocycles. The largest absolute Gasteiger partial charge is 0.356 e. The third-order valence-electron chi connectivity index (χ3n) is 3.20. The first-order valence-corrected chi connectivity index (χ1v) is 6.19. The maximum absolute atomic E-state index is 12.0. The number of pyridine rings is 1. The molecule has 2 aromatic heterocycles. The van der Waals surface area contributed by atoms with Crippen LogP contribution in [0.3, 0.4) is 0 Å². The zero-order valence-electron chi connectivity index (χ0n) is 11.3. The number of anilines is 1. The number of fused-ring (bicyclic) bond motifs is 1. The number of aryl methyl sites for hydroxylation is 2. The fraction of sp³-hybridized carbons (Fsp3) is 0.462. The molecule has 5 heteroatoms. The van der Waals surface area contributed by atoms with Gasteiger partial charge in [0.05, 0.1) is 0 Å². The minimum atomic E-state index is -0.273. The van der Waals surface area contributed by atoms with Crippen LogP contribution in [0.5, 0.6) is 0 Å². The Morgan fingerprint density at radius 3 is 2.44 bits per heavy atom. The van der Waals surface area contributed by atoms with Gasteiger partial charge >= 0.3 is 5.69 Å². The second-order valence-electron chi connectivity index (χ2n) is 4.35. The minimum Gasteiger partial charge on any atom is -0.341 e. The van der Waals surface area contributed by atoms with Crippen LogP contribution in [0.1, 0.15) is 25.0 Å². The molecule has 0 aliphatic rings. The Bertz CT molecular complexity index is 629. The quantitative estimate of drug-likeness (QED) is 0.824. The minimum absolute atomic E-state index is 0.273. The van der Waals surface area contributed by atoms with Gasteiger partial charge in [0, 0.05) is 19.3 Å². The zero-order valence-corrected chi connectivity index (χ0v) is 11.3. The van der Waals surface area contributed by atoms with Crippen molar-refractivity contribution in [1.29, 1.82) is 0 Å². The molecule has 0 fully saturated rings. The van der Waals surface area contributed by atoms with Crippen LogP contribution in [0.25, 0.3) is 5.65 Å². The Kier molecular flexibility index (Phi) is 3.32. The van der Waals surface area contributed by atoms with Crippen LogP contribution in [0.15, 0.2) is 17.1 Å². The highest BCUT2D eigenvalue weighted by atomic mass is 16.1. The summed E-state index contributed by atoms with van der Waals surface area (Å²) < 4.78 is 1.50. The molecule has 5 nitrogen and oxygen atoms in total. The van der Waals surface area contributed by atoms with Crippen LogP contribution in [0.4, 0.5) is 5.95 Å². The molecule has 0 N–H and O–H groups in total. The summed E-state index contributed by atoms with van der Waals surface area (Å²) in [4.78, 5) is 22.4. The van der Waals surface area contributed by atoms with Crippen molar-refractivity contribution in [1.82, 2.24) is 14.4 Å². The molecule has 0 aliphatic heterocycles. The van der Waals surface area contributed by atoms with Crippen LogP contribution < -0.4 is 10.6 Å². The fourth-order valence-corrected chi connectivity index (χ4v) is 1.89. The third-order valence-corrected chi connectivity index (χ3v) is 3.20. The van der Waals surface area contributed by atoms with E-state index in [0.29, 0.717) is 11.6 Å². The Morgan fingerprint density at radius 1 is 1.17 bits per heavy atom. The van der Waals surface area contributed by atoms with E-state index in [1.54, 1.807) is 6.20 Å². The smallest absolute Gasteiger partial charge is 0.341 e. The van der Waals surface area contributed by atoms with E-state index in [9.17, 15) is 4.79 Å². The number of rotatable bonds is 3. The van der Waals surface area contributed by atoms with E-state index >= 15 is 0 Å². The molecule has 2 heterocycles. The van der Waals surface area contributed by atoms with E-state index < -0.39 is 0 Å². The maximum Gasteiger partial charge on any atom is 0.356 e. The van der Waals surface area contributed by atoms with Crippen molar-refractivity contribution in [3.05, 3.63) is 33.9 Å². The van der Waals surface area contributed by atoms with Crippen molar-refractivity contribution in [3.63, 3.8) is 0 Å². The summed E-state index contributed by atoms with van der Waals surface area (Å²) in [5.74, 6) is 0.508. The molecule has 0 radical (unpaired) electrons. The van der Waals surface area contributed by atoms with Gasteiger partial charge in [0.2, 0.25) is 5.95 Å². The Labute approximate surface area is 106 Å². The molecule has 2 rings (SSSR count). The monoisotopic (exact) mass is 246 g/mol. The average Bonchev–Trinajstić information content (AvgIpc) is 2.33. The molecular weight excluding hydrogens is 228 g/mol. The number of hydrogen-bond donors (Lipinski definition) is 0. The summed E-state index contributed by atoms with van der Waals surface area (Å²) in [6.07, 6.45) is 1.79. The van der Waals surface area contributed by atoms with E-state index in [1.165, 1.54) is 4.40 Å². The predicted molar refractivity (Wildman–Crippen MR) is 72.3 cm³/mol. The molecular formula is C13H18N4O. The van der Waals surface area contributed by atoms with E-state index in [4.69, 9.17) is 0 Å². The van der Waals surface area contributed by atoms with Gasteiger partial charge < -0.3 is 4.90 Å². The molecule has 0 aliphatic carbocycles. The standard InChI is InChI=1S/C13H18N4O/c1-5-16(6-2)12-14-11-7-9(3)10(4)8-17(11)13(18)15-12/h7-8H,5-6H2,1-4H3. The highest BCUT2D eigenvalue weighted by molar-refractivity contribution is 5.47. The summed E-state index contributed by atoms with van der Waals surface area (Å²) >= 11 is 0. The normalized spacial score (nSPS) is 10.9. The summed E-state index contributed by atoms with van der Waals surface area (Å²) in [7, 11) is 0. The molecule has 0 amide bonds. The lowest BCUT2D eigenvalue weighted by Gasteiger charge is -2.18. The van der Waals surface area contributed by atoms with Gasteiger partial charge in [0.25, 0.3) is 0 Å². The number of nitrogens with zero attached hydrogens (tertiary/aromatic N) is 4. The van der Waals surface area contributed by atoms with Crippen molar-refractivity contribution in [2.24, 2.45) is 0 Å². The predicted octanol–water partition coefficient (Wildman–Crippen LogP) is 1.55. The molecule has 2 aromatic rings. The van der Waals surface area contributed by atoms with Crippen molar-refractivity contribution in [3.8, 4) is 0 Å². The molecule has 18 heavy (non-hydrogen) atoms. The second kappa shape index (κ2) is 4.76. The molecule has 0 saturated carbocycles. The fourth-order valence-electron chi connectivity index (χ4n) is 1.89. The summed E-state index contributed by atoms with van der Waals surface area (Å²) in [5.41, 5.74) is 2.56. The average molecular weight is 246 g/mol. The third kappa shape index (κ3) is 2.08. The lowest BCUT2D eigenvalue weighted by Crippen LogP contribution is -2.29. The number of aromatic nitrogens is 3. The SMILES string of the molecule is CCN(CC)c1nc(=O)n2cc(C)c(C)cc2n1. The van der Waals surface area contributed by atoms with Crippen LogP contribution in [0.2, 0.25) is 0 Å². The summed E-state index contributed by atoms with van der Waals surface area (Å²) in [6, 6.07) is 1.92. The van der Waals surface area contributed by atoms with Crippen LogP contribution in [-0.4, -0.2) is 27.5 Å². The molecule has 0 atom stereocenters. The molecule has 0 unspecified atom stereocenters. The maximum atomic E-state index is 12.0. The first-order chi connectivity index (χ1) is 8.56. The molecule has 96 valence electrons. The van der Waals surface area contributed by atoms with Crippen LogP contribution in [-0.2, 0) is 0 Å². The van der Waals surface area contributed by atoms with E-state index in [2.05, 4.69) is 9.97 Å². The van der Waals surface area contributed by atoms with E-state index in [-0.39, 0.29) is 5.69 Å². The van der Waals surface area contributed by atoms with Gasteiger partial charge in [-0.05, 0) is 44.9 Å². The Morgan fingerprint density at radius 2 is 1.83 bits per heavy atom. The Hall–Kier alpha value is -1.91. The van der Waals surface area contributed by atoms with Gasteiger partial charge in [-0.25, -0.2) is 4.79 Å². The van der Waals surface area contributed by atoms with Crippen LogP contribution >= 0.6 is 0 Å². The van der Waals surface area contributed by atoms with Crippen molar-refractivity contribution < 1.29 is 0 Å². The first-order valence-electron chi connectivity index (χ1n) is 6.19. The highest BCUT2D eigenvalue weighted by Gasteiger charge is 2.09. The first kappa shape index (κ1) is 12.5. The van der Waals surface area contributed by atoms with Crippen molar-refractivity contribution >= 4 is 11.6 Å². The highest BCUT2D eigenvalue weighted by Crippen LogP contribution is 2.11. The van der Waals surface area contributed by atoms with E-state index in [0.717, 1.165) is 24.2 Å². The van der Waals surface area contributed by atoms with E-state index in [1.807, 2.05) is 38.7 Å². The van der Waals surface area contributed by atoms with Gasteiger partial charge in [0.1, 0.15) is 5.65 Å². The number of hydrogen-bond acceptors (Lipinski definition) is 4. The second-order valence-corrected chi connectivity index (χ2v) is 4.35. The van der Waals surface area contributed by atoms with Gasteiger partial charge in [0.15, 0.2) is 0 Å². The van der Waals surface area contributed by atoms with Crippen molar-refractivity contribution in [2.45, 2.75) is 27.7 Å². The van der Waals surface area contributed by atoms with Crippen molar-refractivity contribution in [2.75, 3.05) is 18.0 Å². The van der Waals surface area contributed by atoms with Gasteiger partial charge in [-0.1, -0.05) is 0 Å². The zero-order chi connectivity index (χ0) is 13.3. The summed E-state index contributed by atoms with van der Waals surface area (Å²) in [6.45, 7) is 9.61.